The minimum atomic E-state index is -0.292. The largest absolute Gasteiger partial charge is 0.448 e. The van der Waals surface area contributed by atoms with Gasteiger partial charge in [-0.15, -0.1) is 0 Å². The van der Waals surface area contributed by atoms with Gasteiger partial charge in [-0.05, 0) is 28.3 Å². The van der Waals surface area contributed by atoms with Gasteiger partial charge in [0, 0.05) is 42.9 Å². The summed E-state index contributed by atoms with van der Waals surface area (Å²) in [5, 5.41) is 11.9. The van der Waals surface area contributed by atoms with Crippen LogP contribution in [0.2, 0.25) is 0 Å². The Morgan fingerprint density at radius 2 is 1.66 bits per heavy atom. The lowest BCUT2D eigenvalue weighted by atomic mass is 10.0. The molecule has 0 unspecified atom stereocenters. The Bertz CT molecular complexity index is 2030. The first-order chi connectivity index (χ1) is 20.2. The van der Waals surface area contributed by atoms with E-state index in [2.05, 4.69) is 54.8 Å². The fourth-order valence-corrected chi connectivity index (χ4v) is 5.13. The quantitative estimate of drug-likeness (QED) is 0.172. The van der Waals surface area contributed by atoms with Crippen LogP contribution in [0.3, 0.4) is 0 Å². The summed E-state index contributed by atoms with van der Waals surface area (Å²) < 4.78 is 5.54. The highest BCUT2D eigenvalue weighted by Crippen LogP contribution is 2.25. The summed E-state index contributed by atoms with van der Waals surface area (Å²) in [4.78, 5) is 34.2. The molecule has 0 aliphatic carbocycles. The first-order valence-corrected chi connectivity index (χ1v) is 13.6. The standard InChI is InChI=1S/C32H27N7O2/c40-32(36-17-22-15-25-21(16-34-22)10-9-20-5-1-2-6-23(20)25)28-19-41-30(38-28)12-14-33-13-11-29-37-27-18-35-26-8-4-3-7-24(26)31(27)39-29/h1-10,15-16,18-19,33H,11-14,17H2,(H,36,40)(H,37,39). The number of hydrogen-bond donors (Lipinski definition) is 3. The molecule has 0 aliphatic heterocycles. The fraction of sp³-hybridized carbons (Fsp3) is 0.156. The van der Waals surface area contributed by atoms with Crippen LogP contribution in [0, 0.1) is 0 Å². The number of aromatic nitrogens is 5. The number of imidazole rings is 1. The van der Waals surface area contributed by atoms with Gasteiger partial charge in [0.1, 0.15) is 12.1 Å². The van der Waals surface area contributed by atoms with Crippen molar-refractivity contribution in [1.82, 2.24) is 35.6 Å². The van der Waals surface area contributed by atoms with E-state index < -0.39 is 0 Å². The monoisotopic (exact) mass is 541 g/mol. The van der Waals surface area contributed by atoms with E-state index in [1.165, 1.54) is 17.0 Å². The number of aromatic amines is 1. The average molecular weight is 542 g/mol. The minimum Gasteiger partial charge on any atom is -0.448 e. The van der Waals surface area contributed by atoms with Gasteiger partial charge in [-0.1, -0.05) is 54.6 Å². The van der Waals surface area contributed by atoms with Crippen LogP contribution in [0.25, 0.3) is 43.5 Å². The van der Waals surface area contributed by atoms with Crippen LogP contribution in [0.4, 0.5) is 0 Å². The molecule has 9 heteroatoms. The second-order valence-corrected chi connectivity index (χ2v) is 9.96. The minimum absolute atomic E-state index is 0.259. The van der Waals surface area contributed by atoms with Crippen LogP contribution >= 0.6 is 0 Å². The molecule has 202 valence electrons. The summed E-state index contributed by atoms with van der Waals surface area (Å²) in [5.41, 5.74) is 3.86. The lowest BCUT2D eigenvalue weighted by Gasteiger charge is -2.07. The molecule has 7 rings (SSSR count). The molecular weight excluding hydrogens is 514 g/mol. The number of pyridine rings is 2. The van der Waals surface area contributed by atoms with Crippen LogP contribution in [-0.4, -0.2) is 43.9 Å². The molecule has 0 aliphatic rings. The molecule has 0 spiro atoms. The predicted molar refractivity (Wildman–Crippen MR) is 159 cm³/mol. The number of oxazole rings is 1. The normalized spacial score (nSPS) is 11.6. The first-order valence-electron chi connectivity index (χ1n) is 13.6. The Labute approximate surface area is 235 Å². The molecule has 0 atom stereocenters. The van der Waals surface area contributed by atoms with Gasteiger partial charge in [0.2, 0.25) is 0 Å². The molecule has 0 bridgehead atoms. The fourth-order valence-electron chi connectivity index (χ4n) is 5.13. The molecule has 9 nitrogen and oxygen atoms in total. The first kappa shape index (κ1) is 24.9. The van der Waals surface area contributed by atoms with E-state index in [0.717, 1.165) is 57.2 Å². The molecule has 41 heavy (non-hydrogen) atoms. The Hall–Kier alpha value is -5.15. The van der Waals surface area contributed by atoms with Gasteiger partial charge in [-0.25, -0.2) is 9.97 Å². The van der Waals surface area contributed by atoms with Gasteiger partial charge in [-0.3, -0.25) is 14.8 Å². The molecule has 3 N–H and O–H groups in total. The van der Waals surface area contributed by atoms with Crippen molar-refractivity contribution < 1.29 is 9.21 Å². The van der Waals surface area contributed by atoms with Crippen molar-refractivity contribution in [2.45, 2.75) is 19.4 Å². The number of benzene rings is 3. The number of amides is 1. The third-order valence-corrected chi connectivity index (χ3v) is 7.23. The van der Waals surface area contributed by atoms with Crippen LogP contribution in [0.5, 0.6) is 0 Å². The zero-order valence-corrected chi connectivity index (χ0v) is 22.2. The van der Waals surface area contributed by atoms with E-state index in [-0.39, 0.29) is 11.6 Å². The lowest BCUT2D eigenvalue weighted by molar-refractivity contribution is 0.0945. The summed E-state index contributed by atoms with van der Waals surface area (Å²) in [6.07, 6.45) is 6.40. The third-order valence-electron chi connectivity index (χ3n) is 7.23. The van der Waals surface area contributed by atoms with Crippen LogP contribution in [0.1, 0.15) is 27.9 Å². The summed E-state index contributed by atoms with van der Waals surface area (Å²) >= 11 is 0. The summed E-state index contributed by atoms with van der Waals surface area (Å²) in [7, 11) is 0. The molecule has 4 heterocycles. The average Bonchev–Trinajstić information content (AvgIpc) is 3.67. The van der Waals surface area contributed by atoms with E-state index in [1.807, 2.05) is 54.9 Å². The Morgan fingerprint density at radius 3 is 2.61 bits per heavy atom. The van der Waals surface area contributed by atoms with Crippen molar-refractivity contribution in [3.05, 3.63) is 108 Å². The molecule has 3 aromatic carbocycles. The molecule has 4 aromatic heterocycles. The second kappa shape index (κ2) is 10.8. The zero-order chi connectivity index (χ0) is 27.6. The highest BCUT2D eigenvalue weighted by molar-refractivity contribution is 6.07. The summed E-state index contributed by atoms with van der Waals surface area (Å²) in [5.74, 6) is 1.13. The number of para-hydroxylation sites is 1. The molecular formula is C32H27N7O2. The third kappa shape index (κ3) is 5.10. The second-order valence-electron chi connectivity index (χ2n) is 9.96. The highest BCUT2D eigenvalue weighted by atomic mass is 16.3. The Morgan fingerprint density at radius 1 is 0.829 bits per heavy atom. The number of carbonyl (C=O) groups is 1. The molecule has 0 saturated carbocycles. The molecule has 0 fully saturated rings. The van der Waals surface area contributed by atoms with Crippen molar-refractivity contribution in [2.75, 3.05) is 13.1 Å². The zero-order valence-electron chi connectivity index (χ0n) is 22.2. The molecule has 0 radical (unpaired) electrons. The smallest absolute Gasteiger partial charge is 0.273 e. The van der Waals surface area contributed by atoms with Crippen LogP contribution in [-0.2, 0) is 19.4 Å². The van der Waals surface area contributed by atoms with Crippen molar-refractivity contribution in [3.8, 4) is 0 Å². The van der Waals surface area contributed by atoms with E-state index in [1.54, 1.807) is 0 Å². The topological polar surface area (TPSA) is 122 Å². The summed E-state index contributed by atoms with van der Waals surface area (Å²) in [6.45, 7) is 1.71. The number of H-pyrrole nitrogens is 1. The summed E-state index contributed by atoms with van der Waals surface area (Å²) in [6, 6.07) is 22.5. The van der Waals surface area contributed by atoms with E-state index in [9.17, 15) is 4.79 Å². The number of rotatable bonds is 9. The van der Waals surface area contributed by atoms with E-state index in [0.29, 0.717) is 25.4 Å². The predicted octanol–water partition coefficient (Wildman–Crippen LogP) is 5.11. The van der Waals surface area contributed by atoms with Crippen LogP contribution < -0.4 is 10.6 Å². The van der Waals surface area contributed by atoms with Gasteiger partial charge in [0.05, 0.1) is 35.0 Å². The van der Waals surface area contributed by atoms with Gasteiger partial charge in [0.25, 0.3) is 5.91 Å². The number of carbonyl (C=O) groups excluding carboxylic acids is 1. The van der Waals surface area contributed by atoms with E-state index >= 15 is 0 Å². The van der Waals surface area contributed by atoms with Crippen LogP contribution in [0.15, 0.2) is 89.8 Å². The van der Waals surface area contributed by atoms with Crippen molar-refractivity contribution in [3.63, 3.8) is 0 Å². The number of fused-ring (bicyclic) bond motifs is 6. The maximum absolute atomic E-state index is 12.7. The van der Waals surface area contributed by atoms with Crippen molar-refractivity contribution in [2.24, 2.45) is 0 Å². The van der Waals surface area contributed by atoms with Crippen molar-refractivity contribution >= 4 is 49.4 Å². The maximum Gasteiger partial charge on any atom is 0.273 e. The maximum atomic E-state index is 12.7. The highest BCUT2D eigenvalue weighted by Gasteiger charge is 2.13. The van der Waals surface area contributed by atoms with E-state index in [4.69, 9.17) is 9.40 Å². The van der Waals surface area contributed by atoms with Crippen molar-refractivity contribution in [1.29, 1.82) is 0 Å². The lowest BCUT2D eigenvalue weighted by Crippen LogP contribution is -2.24. The Kier molecular flexibility index (Phi) is 6.54. The molecule has 7 aromatic rings. The van der Waals surface area contributed by atoms with Gasteiger partial charge in [-0.2, -0.15) is 0 Å². The molecule has 0 saturated heterocycles. The Balaban J connectivity index is 0.905. The van der Waals surface area contributed by atoms with Gasteiger partial charge >= 0.3 is 0 Å². The SMILES string of the molecule is O=C(NCc1cc2c(ccc3ccccc32)cn1)c1coc(CCNCCc2nc3c(cnc4ccccc43)[nH]2)n1. The van der Waals surface area contributed by atoms with Gasteiger partial charge in [0.15, 0.2) is 11.6 Å². The number of nitrogens with one attached hydrogen (secondary N) is 3. The van der Waals surface area contributed by atoms with Gasteiger partial charge < -0.3 is 20.0 Å². The number of nitrogens with zero attached hydrogens (tertiary/aromatic N) is 4. The number of hydrogen-bond acceptors (Lipinski definition) is 7. The molecule has 1 amide bonds.